The first-order chi connectivity index (χ1) is 6.83. The van der Waals surface area contributed by atoms with Crippen molar-refractivity contribution in [1.82, 2.24) is 4.98 Å². The molecule has 0 amide bonds. The molecule has 0 saturated carbocycles. The lowest BCUT2D eigenvalue weighted by atomic mass is 10.0. The van der Waals surface area contributed by atoms with Crippen molar-refractivity contribution in [2.24, 2.45) is 0 Å². The first-order valence-electron chi connectivity index (χ1n) is 4.46. The molecule has 0 radical (unpaired) electrons. The maximum atomic E-state index is 6.00. The summed E-state index contributed by atoms with van der Waals surface area (Å²) in [6.07, 6.45) is 2.70. The fourth-order valence-electron chi connectivity index (χ4n) is 1.57. The second kappa shape index (κ2) is 4.20. The van der Waals surface area contributed by atoms with E-state index in [-0.39, 0.29) is 0 Å². The highest BCUT2D eigenvalue weighted by Gasteiger charge is 2.02. The molecule has 2 aromatic rings. The highest BCUT2D eigenvalue weighted by molar-refractivity contribution is 7.80. The molecule has 0 unspecified atom stereocenters. The number of nitrogens with zero attached hydrogens (tertiary/aromatic N) is 1. The van der Waals surface area contributed by atoms with Crippen LogP contribution in [0.25, 0.3) is 10.8 Å². The molecule has 72 valence electrons. The van der Waals surface area contributed by atoms with Crippen molar-refractivity contribution in [1.29, 1.82) is 0 Å². The third kappa shape index (κ3) is 1.72. The predicted molar refractivity (Wildman–Crippen MR) is 64.3 cm³/mol. The quantitative estimate of drug-likeness (QED) is 0.609. The SMILES string of the molecule is SCCc1cccc2c(Cl)nccc12. The summed E-state index contributed by atoms with van der Waals surface area (Å²) in [6.45, 7) is 0. The van der Waals surface area contributed by atoms with Crippen LogP contribution in [0.1, 0.15) is 5.56 Å². The van der Waals surface area contributed by atoms with Crippen LogP contribution in [0.5, 0.6) is 0 Å². The van der Waals surface area contributed by atoms with Gasteiger partial charge in [0.1, 0.15) is 5.15 Å². The second-order valence-electron chi connectivity index (χ2n) is 3.09. The Labute approximate surface area is 93.5 Å². The number of aryl methyl sites for hydroxylation is 1. The molecule has 0 atom stereocenters. The van der Waals surface area contributed by atoms with Crippen molar-refractivity contribution in [3.63, 3.8) is 0 Å². The lowest BCUT2D eigenvalue weighted by Crippen LogP contribution is -1.89. The number of thiol groups is 1. The Morgan fingerprint density at radius 1 is 1.21 bits per heavy atom. The summed E-state index contributed by atoms with van der Waals surface area (Å²) in [6, 6.07) is 8.11. The third-order valence-electron chi connectivity index (χ3n) is 2.23. The summed E-state index contributed by atoms with van der Waals surface area (Å²) in [4.78, 5) is 4.05. The first-order valence-corrected chi connectivity index (χ1v) is 5.47. The summed E-state index contributed by atoms with van der Waals surface area (Å²) >= 11 is 10.2. The van der Waals surface area contributed by atoms with Crippen molar-refractivity contribution >= 4 is 35.0 Å². The van der Waals surface area contributed by atoms with E-state index >= 15 is 0 Å². The fourth-order valence-corrected chi connectivity index (χ4v) is 2.04. The van der Waals surface area contributed by atoms with Gasteiger partial charge in [-0.15, -0.1) is 0 Å². The van der Waals surface area contributed by atoms with E-state index in [1.807, 2.05) is 18.2 Å². The van der Waals surface area contributed by atoms with E-state index < -0.39 is 0 Å². The highest BCUT2D eigenvalue weighted by atomic mass is 35.5. The van der Waals surface area contributed by atoms with Crippen LogP contribution >= 0.6 is 24.2 Å². The van der Waals surface area contributed by atoms with Crippen LogP contribution in [0.3, 0.4) is 0 Å². The van der Waals surface area contributed by atoms with Crippen molar-refractivity contribution in [3.8, 4) is 0 Å². The number of fused-ring (bicyclic) bond motifs is 1. The van der Waals surface area contributed by atoms with E-state index in [0.717, 1.165) is 17.6 Å². The number of pyridine rings is 1. The summed E-state index contributed by atoms with van der Waals surface area (Å²) in [7, 11) is 0. The summed E-state index contributed by atoms with van der Waals surface area (Å²) < 4.78 is 0. The van der Waals surface area contributed by atoms with Gasteiger partial charge in [0.05, 0.1) is 0 Å². The van der Waals surface area contributed by atoms with Gasteiger partial charge in [-0.2, -0.15) is 12.6 Å². The molecule has 0 aliphatic rings. The average molecular weight is 224 g/mol. The van der Waals surface area contributed by atoms with E-state index in [9.17, 15) is 0 Å². The van der Waals surface area contributed by atoms with E-state index in [0.29, 0.717) is 5.15 Å². The van der Waals surface area contributed by atoms with E-state index in [1.165, 1.54) is 10.9 Å². The van der Waals surface area contributed by atoms with Crippen LogP contribution in [-0.4, -0.2) is 10.7 Å². The van der Waals surface area contributed by atoms with Gasteiger partial charge in [-0.3, -0.25) is 0 Å². The van der Waals surface area contributed by atoms with E-state index in [2.05, 4.69) is 23.7 Å². The number of benzene rings is 1. The fraction of sp³-hybridized carbons (Fsp3) is 0.182. The van der Waals surface area contributed by atoms with Crippen LogP contribution in [0, 0.1) is 0 Å². The summed E-state index contributed by atoms with van der Waals surface area (Å²) in [5.41, 5.74) is 1.28. The minimum atomic E-state index is 0.573. The molecule has 2 rings (SSSR count). The van der Waals surface area contributed by atoms with Crippen LogP contribution < -0.4 is 0 Å². The molecule has 0 aliphatic heterocycles. The predicted octanol–water partition coefficient (Wildman–Crippen LogP) is 3.36. The first kappa shape index (κ1) is 9.81. The molecule has 0 bridgehead atoms. The highest BCUT2D eigenvalue weighted by Crippen LogP contribution is 2.24. The third-order valence-corrected chi connectivity index (χ3v) is 2.75. The Bertz CT molecular complexity index is 456. The molecule has 0 aliphatic carbocycles. The maximum Gasteiger partial charge on any atom is 0.136 e. The lowest BCUT2D eigenvalue weighted by molar-refractivity contribution is 1.18. The topological polar surface area (TPSA) is 12.9 Å². The monoisotopic (exact) mass is 223 g/mol. The molecule has 1 heterocycles. The van der Waals surface area contributed by atoms with E-state index in [1.54, 1.807) is 6.20 Å². The molecule has 0 fully saturated rings. The molecule has 0 N–H and O–H groups in total. The number of rotatable bonds is 2. The van der Waals surface area contributed by atoms with Crippen molar-refractivity contribution in [2.75, 3.05) is 5.75 Å². The van der Waals surface area contributed by atoms with Crippen LogP contribution in [0.4, 0.5) is 0 Å². The van der Waals surface area contributed by atoms with Gasteiger partial charge in [0, 0.05) is 11.6 Å². The van der Waals surface area contributed by atoms with Crippen LogP contribution in [0.2, 0.25) is 5.15 Å². The largest absolute Gasteiger partial charge is 0.244 e. The van der Waals surface area contributed by atoms with Gasteiger partial charge in [-0.05, 0) is 29.2 Å². The summed E-state index contributed by atoms with van der Waals surface area (Å²) in [5, 5.41) is 2.78. The number of aromatic nitrogens is 1. The van der Waals surface area contributed by atoms with E-state index in [4.69, 9.17) is 11.6 Å². The standard InChI is InChI=1S/C11H10ClNS/c12-11-10-3-1-2-8(5-7-14)9(10)4-6-13-11/h1-4,6,14H,5,7H2. The van der Waals surface area contributed by atoms with Gasteiger partial charge in [0.15, 0.2) is 0 Å². The maximum absolute atomic E-state index is 6.00. The van der Waals surface area contributed by atoms with Gasteiger partial charge < -0.3 is 0 Å². The Morgan fingerprint density at radius 3 is 2.86 bits per heavy atom. The zero-order valence-corrected chi connectivity index (χ0v) is 9.22. The lowest BCUT2D eigenvalue weighted by Gasteiger charge is -2.05. The normalized spacial score (nSPS) is 10.7. The minimum Gasteiger partial charge on any atom is -0.244 e. The number of hydrogen-bond acceptors (Lipinski definition) is 2. The molecule has 14 heavy (non-hydrogen) atoms. The zero-order valence-electron chi connectivity index (χ0n) is 7.57. The van der Waals surface area contributed by atoms with Gasteiger partial charge in [0.2, 0.25) is 0 Å². The van der Waals surface area contributed by atoms with Gasteiger partial charge in [0.25, 0.3) is 0 Å². The Balaban J connectivity index is 2.68. The molecule has 1 nitrogen and oxygen atoms in total. The smallest absolute Gasteiger partial charge is 0.136 e. The number of halogens is 1. The molecule has 0 saturated heterocycles. The number of hydrogen-bond donors (Lipinski definition) is 1. The van der Waals surface area contributed by atoms with Gasteiger partial charge >= 0.3 is 0 Å². The molecule has 1 aromatic heterocycles. The molecule has 0 spiro atoms. The van der Waals surface area contributed by atoms with Gasteiger partial charge in [-0.25, -0.2) is 4.98 Å². The molecular formula is C11H10ClNS. The Kier molecular flexibility index (Phi) is 2.94. The zero-order chi connectivity index (χ0) is 9.97. The molecule has 1 aromatic carbocycles. The van der Waals surface area contributed by atoms with Crippen LogP contribution in [-0.2, 0) is 6.42 Å². The van der Waals surface area contributed by atoms with Crippen molar-refractivity contribution in [3.05, 3.63) is 41.2 Å². The van der Waals surface area contributed by atoms with Gasteiger partial charge in [-0.1, -0.05) is 29.8 Å². The van der Waals surface area contributed by atoms with Crippen molar-refractivity contribution < 1.29 is 0 Å². The Hall–Kier alpha value is -0.730. The molecular weight excluding hydrogens is 214 g/mol. The van der Waals surface area contributed by atoms with Crippen molar-refractivity contribution in [2.45, 2.75) is 6.42 Å². The minimum absolute atomic E-state index is 0.573. The molecule has 3 heteroatoms. The Morgan fingerprint density at radius 2 is 2.07 bits per heavy atom. The van der Waals surface area contributed by atoms with Crippen LogP contribution in [0.15, 0.2) is 30.5 Å². The average Bonchev–Trinajstić information content (AvgIpc) is 2.20. The second-order valence-corrected chi connectivity index (χ2v) is 3.89. The summed E-state index contributed by atoms with van der Waals surface area (Å²) in [5.74, 6) is 0.846.